The van der Waals surface area contributed by atoms with Gasteiger partial charge in [0.25, 0.3) is 5.91 Å². The van der Waals surface area contributed by atoms with Gasteiger partial charge in [-0.3, -0.25) is 14.6 Å². The molecule has 35 heavy (non-hydrogen) atoms. The summed E-state index contributed by atoms with van der Waals surface area (Å²) >= 11 is 0. The van der Waals surface area contributed by atoms with Crippen molar-refractivity contribution in [2.45, 2.75) is 44.3 Å². The van der Waals surface area contributed by atoms with E-state index in [-0.39, 0.29) is 24.4 Å². The molecule has 0 radical (unpaired) electrons. The highest BCUT2D eigenvalue weighted by Gasteiger charge is 2.34. The van der Waals surface area contributed by atoms with Gasteiger partial charge in [-0.15, -0.1) is 0 Å². The van der Waals surface area contributed by atoms with Crippen LogP contribution in [-0.2, 0) is 11.3 Å². The van der Waals surface area contributed by atoms with Gasteiger partial charge in [-0.1, -0.05) is 43.2 Å². The Morgan fingerprint density at radius 3 is 2.49 bits per heavy atom. The first kappa shape index (κ1) is 22.7. The Morgan fingerprint density at radius 1 is 1.00 bits per heavy atom. The number of hydrogen-bond acceptors (Lipinski definition) is 4. The first-order valence-corrected chi connectivity index (χ1v) is 12.0. The number of amides is 2. The van der Waals surface area contributed by atoms with Crippen molar-refractivity contribution in [3.8, 4) is 11.3 Å². The minimum atomic E-state index is -0.834. The summed E-state index contributed by atoms with van der Waals surface area (Å²) in [6.07, 6.45) is 8.97. The van der Waals surface area contributed by atoms with Gasteiger partial charge in [0.2, 0.25) is 5.91 Å². The molecule has 1 saturated carbocycles. The summed E-state index contributed by atoms with van der Waals surface area (Å²) in [5, 5.41) is 3.18. The van der Waals surface area contributed by atoms with Crippen LogP contribution in [0.1, 0.15) is 53.5 Å². The Labute approximate surface area is 204 Å². The molecular weight excluding hydrogens is 440 g/mol. The lowest BCUT2D eigenvalue weighted by Crippen LogP contribution is -2.46. The SMILES string of the molecule is O=C(NC1CCCC1)[C@H](c1ccncc1)N(Cc1ccco1)C(=O)c1ccc(-c2ccccc2)[nH]1. The van der Waals surface area contributed by atoms with Crippen LogP contribution in [0.15, 0.2) is 89.8 Å². The molecule has 1 aliphatic rings. The average molecular weight is 469 g/mol. The number of carbonyl (C=O) groups excluding carboxylic acids is 2. The zero-order valence-electron chi connectivity index (χ0n) is 19.4. The van der Waals surface area contributed by atoms with Crippen LogP contribution in [0.3, 0.4) is 0 Å². The number of H-pyrrole nitrogens is 1. The number of furan rings is 1. The van der Waals surface area contributed by atoms with Gasteiger partial charge in [-0.25, -0.2) is 0 Å². The third-order valence-corrected chi connectivity index (χ3v) is 6.45. The molecule has 7 heteroatoms. The Bertz CT molecular complexity index is 1250. The summed E-state index contributed by atoms with van der Waals surface area (Å²) in [5.74, 6) is 0.116. The largest absolute Gasteiger partial charge is 0.467 e. The third kappa shape index (κ3) is 5.19. The molecular formula is C28H28N4O3. The molecule has 0 aliphatic heterocycles. The maximum Gasteiger partial charge on any atom is 0.271 e. The van der Waals surface area contributed by atoms with E-state index in [1.54, 1.807) is 47.8 Å². The van der Waals surface area contributed by atoms with E-state index in [0.717, 1.165) is 36.9 Å². The van der Waals surface area contributed by atoms with Crippen LogP contribution in [0.25, 0.3) is 11.3 Å². The quantitative estimate of drug-likeness (QED) is 0.376. The predicted molar refractivity (Wildman–Crippen MR) is 132 cm³/mol. The van der Waals surface area contributed by atoms with E-state index in [0.29, 0.717) is 17.0 Å². The molecule has 7 nitrogen and oxygen atoms in total. The van der Waals surface area contributed by atoms with Gasteiger partial charge in [-0.05, 0) is 60.4 Å². The number of aromatic amines is 1. The standard InChI is InChI=1S/C28H28N4O3/c33-27(30-22-9-4-5-10-22)26(21-14-16-29-17-15-21)32(19-23-11-6-18-35-23)28(34)25-13-12-24(31-25)20-7-2-1-3-8-20/h1-3,6-8,11-18,22,26,31H,4-5,9-10,19H2,(H,30,33)/t26-/m0/s1. The van der Waals surface area contributed by atoms with E-state index < -0.39 is 6.04 Å². The van der Waals surface area contributed by atoms with Crippen molar-refractivity contribution in [2.75, 3.05) is 0 Å². The molecule has 4 aromatic rings. The number of rotatable bonds is 8. The number of aromatic nitrogens is 2. The normalized spacial score (nSPS) is 14.5. The van der Waals surface area contributed by atoms with E-state index in [1.165, 1.54) is 0 Å². The van der Waals surface area contributed by atoms with Gasteiger partial charge in [0, 0.05) is 24.1 Å². The lowest BCUT2D eigenvalue weighted by Gasteiger charge is -2.31. The molecule has 0 saturated heterocycles. The fraction of sp³-hybridized carbons (Fsp3) is 0.250. The van der Waals surface area contributed by atoms with Crippen LogP contribution in [0, 0.1) is 0 Å². The zero-order valence-corrected chi connectivity index (χ0v) is 19.4. The van der Waals surface area contributed by atoms with Crippen molar-refractivity contribution >= 4 is 11.8 Å². The van der Waals surface area contributed by atoms with Crippen LogP contribution in [0.4, 0.5) is 0 Å². The fourth-order valence-electron chi connectivity index (χ4n) is 4.68. The van der Waals surface area contributed by atoms with Crippen molar-refractivity contribution < 1.29 is 14.0 Å². The van der Waals surface area contributed by atoms with Crippen molar-refractivity contribution in [1.82, 2.24) is 20.2 Å². The second-order valence-corrected chi connectivity index (χ2v) is 8.84. The molecule has 1 fully saturated rings. The number of carbonyl (C=O) groups is 2. The fourth-order valence-corrected chi connectivity index (χ4v) is 4.68. The summed E-state index contributed by atoms with van der Waals surface area (Å²) in [7, 11) is 0. The summed E-state index contributed by atoms with van der Waals surface area (Å²) in [6.45, 7) is 0.149. The van der Waals surface area contributed by atoms with E-state index >= 15 is 0 Å². The summed E-state index contributed by atoms with van der Waals surface area (Å²) in [5.41, 5.74) is 2.92. The lowest BCUT2D eigenvalue weighted by atomic mass is 10.0. The van der Waals surface area contributed by atoms with Gasteiger partial charge >= 0.3 is 0 Å². The molecule has 3 aromatic heterocycles. The Hall–Kier alpha value is -4.13. The van der Waals surface area contributed by atoms with Gasteiger partial charge in [-0.2, -0.15) is 0 Å². The summed E-state index contributed by atoms with van der Waals surface area (Å²) in [4.78, 5) is 36.5. The van der Waals surface area contributed by atoms with E-state index in [9.17, 15) is 9.59 Å². The van der Waals surface area contributed by atoms with Crippen LogP contribution in [0.5, 0.6) is 0 Å². The summed E-state index contributed by atoms with van der Waals surface area (Å²) < 4.78 is 5.58. The maximum atomic E-state index is 13.9. The topological polar surface area (TPSA) is 91.2 Å². The van der Waals surface area contributed by atoms with Crippen LogP contribution < -0.4 is 5.32 Å². The molecule has 2 amide bonds. The van der Waals surface area contributed by atoms with Gasteiger partial charge in [0.15, 0.2) is 0 Å². The van der Waals surface area contributed by atoms with Crippen LogP contribution >= 0.6 is 0 Å². The number of hydrogen-bond donors (Lipinski definition) is 2. The summed E-state index contributed by atoms with van der Waals surface area (Å²) in [6, 6.07) is 19.9. The van der Waals surface area contributed by atoms with Gasteiger partial charge in [0.1, 0.15) is 17.5 Å². The molecule has 0 spiro atoms. The Kier molecular flexibility index (Phi) is 6.75. The molecule has 2 N–H and O–H groups in total. The predicted octanol–water partition coefficient (Wildman–Crippen LogP) is 5.11. The van der Waals surface area contributed by atoms with Crippen LogP contribution in [0.2, 0.25) is 0 Å². The monoisotopic (exact) mass is 468 g/mol. The van der Waals surface area contributed by atoms with Crippen molar-refractivity contribution in [3.05, 3.63) is 102 Å². The Morgan fingerprint density at radius 2 is 1.77 bits per heavy atom. The van der Waals surface area contributed by atoms with Crippen molar-refractivity contribution in [2.24, 2.45) is 0 Å². The number of nitrogens with one attached hydrogen (secondary N) is 2. The Balaban J connectivity index is 1.51. The third-order valence-electron chi connectivity index (χ3n) is 6.45. The number of benzene rings is 1. The average Bonchev–Trinajstić information content (AvgIpc) is 3.68. The second-order valence-electron chi connectivity index (χ2n) is 8.84. The number of nitrogens with zero attached hydrogens (tertiary/aromatic N) is 2. The van der Waals surface area contributed by atoms with Crippen LogP contribution in [-0.4, -0.2) is 32.7 Å². The molecule has 178 valence electrons. The first-order valence-electron chi connectivity index (χ1n) is 12.0. The molecule has 3 heterocycles. The second kappa shape index (κ2) is 10.4. The zero-order chi connectivity index (χ0) is 24.0. The van der Waals surface area contributed by atoms with E-state index in [4.69, 9.17) is 4.42 Å². The molecule has 0 bridgehead atoms. The van der Waals surface area contributed by atoms with Crippen molar-refractivity contribution in [3.63, 3.8) is 0 Å². The maximum absolute atomic E-state index is 13.9. The van der Waals surface area contributed by atoms with E-state index in [2.05, 4.69) is 15.3 Å². The highest BCUT2D eigenvalue weighted by Crippen LogP contribution is 2.28. The first-order chi connectivity index (χ1) is 17.2. The smallest absolute Gasteiger partial charge is 0.271 e. The molecule has 1 aliphatic carbocycles. The lowest BCUT2D eigenvalue weighted by molar-refractivity contribution is -0.126. The minimum absolute atomic E-state index is 0.127. The van der Waals surface area contributed by atoms with Gasteiger partial charge in [0.05, 0.1) is 12.8 Å². The molecule has 1 aromatic carbocycles. The molecule has 5 rings (SSSR count). The highest BCUT2D eigenvalue weighted by molar-refractivity contribution is 5.97. The van der Waals surface area contributed by atoms with Gasteiger partial charge < -0.3 is 19.6 Å². The molecule has 0 unspecified atom stereocenters. The number of pyridine rings is 1. The van der Waals surface area contributed by atoms with Crippen molar-refractivity contribution in [1.29, 1.82) is 0 Å². The van der Waals surface area contributed by atoms with E-state index in [1.807, 2.05) is 42.5 Å². The highest BCUT2D eigenvalue weighted by atomic mass is 16.3. The molecule has 1 atom stereocenters. The minimum Gasteiger partial charge on any atom is -0.467 e.